The molecule has 14 nitrogen and oxygen atoms in total. The number of aromatic nitrogens is 4. The molecule has 1 aliphatic carbocycles. The number of carbonyl (C=O) groups is 1. The fourth-order valence-electron chi connectivity index (χ4n) is 5.40. The molecule has 0 radical (unpaired) electrons. The maximum absolute atomic E-state index is 14.4. The van der Waals surface area contributed by atoms with Crippen molar-refractivity contribution in [2.75, 3.05) is 5.73 Å². The summed E-state index contributed by atoms with van der Waals surface area (Å²) in [5, 5.41) is 24.7. The molecule has 1 saturated heterocycles. The van der Waals surface area contributed by atoms with Crippen LogP contribution in [0.15, 0.2) is 43.0 Å². The topological polar surface area (TPSA) is 193 Å². The summed E-state index contributed by atoms with van der Waals surface area (Å²) in [6.07, 6.45) is 0.867. The normalized spacial score (nSPS) is 25.8. The molecule has 2 aromatic heterocycles. The Morgan fingerprint density at radius 1 is 1.09 bits per heavy atom. The van der Waals surface area contributed by atoms with Crippen molar-refractivity contribution in [2.24, 2.45) is 5.92 Å². The number of nitrogens with zero attached hydrogens (tertiary/aromatic N) is 4. The van der Waals surface area contributed by atoms with Crippen molar-refractivity contribution >= 4 is 30.7 Å². The van der Waals surface area contributed by atoms with Crippen LogP contribution in [0.4, 0.5) is 5.82 Å². The number of nitrogens with one attached hydrogen (secondary N) is 1. The maximum atomic E-state index is 14.4. The van der Waals surface area contributed by atoms with Crippen LogP contribution in [0.1, 0.15) is 59.1 Å². The molecule has 3 aromatic rings. The Labute approximate surface area is 249 Å². The lowest BCUT2D eigenvalue weighted by Gasteiger charge is -2.31. The summed E-state index contributed by atoms with van der Waals surface area (Å²) in [6.45, 7) is 5.13. The van der Waals surface area contributed by atoms with Crippen LogP contribution in [0, 0.1) is 5.92 Å². The number of aliphatic hydroxyl groups is 2. The van der Waals surface area contributed by atoms with Crippen LogP contribution in [-0.4, -0.2) is 72.3 Å². The van der Waals surface area contributed by atoms with Crippen molar-refractivity contribution in [1.29, 1.82) is 0 Å². The predicted molar refractivity (Wildman–Crippen MR) is 156 cm³/mol. The van der Waals surface area contributed by atoms with Gasteiger partial charge < -0.3 is 29.9 Å². The van der Waals surface area contributed by atoms with Crippen LogP contribution in [-0.2, 0) is 23.4 Å². The van der Waals surface area contributed by atoms with Gasteiger partial charge in [-0.05, 0) is 50.7 Å². The van der Waals surface area contributed by atoms with E-state index in [1.807, 2.05) is 0 Å². The highest BCUT2D eigenvalue weighted by Crippen LogP contribution is 2.48. The van der Waals surface area contributed by atoms with E-state index in [4.69, 9.17) is 24.3 Å². The Balaban J connectivity index is 1.36. The van der Waals surface area contributed by atoms with E-state index in [0.29, 0.717) is 11.2 Å². The molecule has 43 heavy (non-hydrogen) atoms. The number of benzene rings is 1. The van der Waals surface area contributed by atoms with Crippen molar-refractivity contribution in [3.05, 3.63) is 43.0 Å². The van der Waals surface area contributed by atoms with Gasteiger partial charge in [-0.2, -0.15) is 5.09 Å². The summed E-state index contributed by atoms with van der Waals surface area (Å²) in [7, 11) is -4.32. The first-order valence-electron chi connectivity index (χ1n) is 14.5. The van der Waals surface area contributed by atoms with Crippen molar-refractivity contribution in [1.82, 2.24) is 24.6 Å². The van der Waals surface area contributed by atoms with E-state index in [1.54, 1.807) is 44.2 Å². The number of hydrogen-bond acceptors (Lipinski definition) is 12. The lowest BCUT2D eigenvalue weighted by molar-refractivity contribution is -0.154. The smallest absolute Gasteiger partial charge is 0.459 e. The first kappa shape index (κ1) is 31.3. The van der Waals surface area contributed by atoms with E-state index in [1.165, 1.54) is 24.1 Å². The molecule has 2 aliphatic rings. The van der Waals surface area contributed by atoms with Crippen LogP contribution in [0.2, 0.25) is 0 Å². The molecular formula is C28H39N6O8P. The number of nitrogens with two attached hydrogens (primary N) is 1. The second-order valence-corrected chi connectivity index (χ2v) is 13.0. The molecule has 234 valence electrons. The summed E-state index contributed by atoms with van der Waals surface area (Å²) >= 11 is 0. The number of esters is 1. The van der Waals surface area contributed by atoms with Gasteiger partial charge in [0, 0.05) is 0 Å². The second-order valence-electron chi connectivity index (χ2n) is 11.3. The van der Waals surface area contributed by atoms with Gasteiger partial charge >= 0.3 is 13.7 Å². The van der Waals surface area contributed by atoms with Gasteiger partial charge in [0.05, 0.1) is 12.4 Å². The molecule has 1 aromatic carbocycles. The van der Waals surface area contributed by atoms with E-state index in [-0.39, 0.29) is 23.6 Å². The summed E-state index contributed by atoms with van der Waals surface area (Å²) in [5.74, 6) is -0.486. The third-order valence-corrected chi connectivity index (χ3v) is 9.38. The van der Waals surface area contributed by atoms with Crippen molar-refractivity contribution < 1.29 is 38.1 Å². The first-order chi connectivity index (χ1) is 20.6. The third-order valence-electron chi connectivity index (χ3n) is 7.73. The Morgan fingerprint density at radius 3 is 2.51 bits per heavy atom. The molecule has 3 unspecified atom stereocenters. The molecule has 1 saturated carbocycles. The number of anilines is 1. The Kier molecular flexibility index (Phi) is 9.64. The first-order valence-corrected chi connectivity index (χ1v) is 16.1. The zero-order valence-corrected chi connectivity index (χ0v) is 25.2. The third kappa shape index (κ3) is 7.00. The van der Waals surface area contributed by atoms with Crippen LogP contribution in [0.5, 0.6) is 5.75 Å². The van der Waals surface area contributed by atoms with E-state index in [9.17, 15) is 19.6 Å². The highest BCUT2D eigenvalue weighted by atomic mass is 31.2. The Morgan fingerprint density at radius 2 is 1.81 bits per heavy atom. The van der Waals surface area contributed by atoms with E-state index in [0.717, 1.165) is 32.1 Å². The molecule has 5 N–H and O–H groups in total. The minimum atomic E-state index is -4.32. The highest BCUT2D eigenvalue weighted by Gasteiger charge is 2.49. The fourth-order valence-corrected chi connectivity index (χ4v) is 7.26. The molecular weight excluding hydrogens is 579 g/mol. The molecule has 2 fully saturated rings. The molecule has 0 amide bonds. The summed E-state index contributed by atoms with van der Waals surface area (Å²) in [4.78, 5) is 25.6. The standard InChI is InChI=1S/C28H39N6O8P/c1-16(2)20(28(37)39-18-10-6-4-7-11-18)33-43(38,42-19-12-8-5-9-13-19)41-17(3)24-22(35)23(36)27(40-24)34-15-32-21-25(29)30-14-31-26(21)34/h5,8-9,12-18,20,22-24,27,35-36H,4,6-7,10-11H2,1-3H3,(H,33,38)(H2,29,30,31)/t17?,20?,22-,23+,24+,27+,43?/m0/s1. The molecule has 15 heteroatoms. The quantitative estimate of drug-likeness (QED) is 0.181. The average Bonchev–Trinajstić information content (AvgIpc) is 3.54. The number of fused-ring (bicyclic) bond motifs is 1. The number of para-hydroxylation sites is 1. The van der Waals surface area contributed by atoms with Gasteiger partial charge in [0.1, 0.15) is 48.1 Å². The van der Waals surface area contributed by atoms with Crippen molar-refractivity contribution in [3.63, 3.8) is 0 Å². The number of imidazole rings is 1. The SMILES string of the molecule is CC(C)C(NP(=O)(Oc1ccccc1)OC(C)[C@H]1O[C@@H](n2cnc3c(N)ncnc32)[C@H](O)[C@@H]1O)C(=O)OC1CCCCC1. The van der Waals surface area contributed by atoms with Gasteiger partial charge in [-0.3, -0.25) is 13.9 Å². The lowest BCUT2D eigenvalue weighted by atomic mass is 9.97. The Hall–Kier alpha value is -3.13. The summed E-state index contributed by atoms with van der Waals surface area (Å²) < 4.78 is 39.5. The maximum Gasteiger partial charge on any atom is 0.459 e. The van der Waals surface area contributed by atoms with Crippen molar-refractivity contribution in [3.8, 4) is 5.75 Å². The zero-order chi connectivity index (χ0) is 30.7. The molecule has 1 aliphatic heterocycles. The molecule has 5 rings (SSSR count). The Bertz CT molecular complexity index is 1440. The minimum absolute atomic E-state index is 0.150. The van der Waals surface area contributed by atoms with Gasteiger partial charge in [-0.1, -0.05) is 38.5 Å². The second kappa shape index (κ2) is 13.2. The van der Waals surface area contributed by atoms with Crippen LogP contribution < -0.4 is 15.3 Å². The number of nitrogen functional groups attached to an aromatic ring is 1. The largest absolute Gasteiger partial charge is 0.461 e. The number of rotatable bonds is 11. The number of ether oxygens (including phenoxy) is 2. The molecule has 3 heterocycles. The lowest BCUT2D eigenvalue weighted by Crippen LogP contribution is -2.45. The van der Waals surface area contributed by atoms with Crippen LogP contribution in [0.25, 0.3) is 11.2 Å². The van der Waals surface area contributed by atoms with Gasteiger partial charge in [-0.15, -0.1) is 0 Å². The number of hydrogen-bond donors (Lipinski definition) is 4. The van der Waals surface area contributed by atoms with Gasteiger partial charge in [0.25, 0.3) is 0 Å². The fraction of sp³-hybridized carbons (Fsp3) is 0.571. The van der Waals surface area contributed by atoms with E-state index >= 15 is 0 Å². The zero-order valence-electron chi connectivity index (χ0n) is 24.4. The summed E-state index contributed by atoms with van der Waals surface area (Å²) in [6, 6.07) is 7.37. The van der Waals surface area contributed by atoms with Gasteiger partial charge in [0.2, 0.25) is 0 Å². The van der Waals surface area contributed by atoms with Crippen LogP contribution >= 0.6 is 7.75 Å². The molecule has 7 atom stereocenters. The van der Waals surface area contributed by atoms with E-state index < -0.39 is 50.4 Å². The van der Waals surface area contributed by atoms with Gasteiger partial charge in [-0.25, -0.2) is 19.5 Å². The number of carbonyl (C=O) groups excluding carboxylic acids is 1. The number of aliphatic hydroxyl groups excluding tert-OH is 2. The molecule has 0 bridgehead atoms. The van der Waals surface area contributed by atoms with Crippen LogP contribution in [0.3, 0.4) is 0 Å². The van der Waals surface area contributed by atoms with E-state index in [2.05, 4.69) is 20.0 Å². The predicted octanol–water partition coefficient (Wildman–Crippen LogP) is 3.11. The summed E-state index contributed by atoms with van der Waals surface area (Å²) in [5.41, 5.74) is 6.50. The molecule has 0 spiro atoms. The highest BCUT2D eigenvalue weighted by molar-refractivity contribution is 7.52. The average molecular weight is 619 g/mol. The van der Waals surface area contributed by atoms with Crippen molar-refractivity contribution in [2.45, 2.75) is 95.7 Å². The minimum Gasteiger partial charge on any atom is -0.461 e. The monoisotopic (exact) mass is 618 g/mol. The van der Waals surface area contributed by atoms with Gasteiger partial charge in [0.15, 0.2) is 17.7 Å².